The largest absolute Gasteiger partial charge is 0.388 e. The smallest absolute Gasteiger partial charge is 0.252 e. The van der Waals surface area contributed by atoms with Gasteiger partial charge in [-0.15, -0.1) is 5.10 Å². The molecule has 1 aliphatic rings. The van der Waals surface area contributed by atoms with Gasteiger partial charge in [0.05, 0.1) is 5.69 Å². The Balaban J connectivity index is 2.35. The summed E-state index contributed by atoms with van der Waals surface area (Å²) in [7, 11) is 0. The van der Waals surface area contributed by atoms with E-state index in [1.54, 1.807) is 4.52 Å². The van der Waals surface area contributed by atoms with Crippen LogP contribution in [0.1, 0.15) is 29.2 Å². The van der Waals surface area contributed by atoms with Gasteiger partial charge in [0, 0.05) is 5.69 Å². The van der Waals surface area contributed by atoms with Gasteiger partial charge in [-0.3, -0.25) is 0 Å². The first-order valence-electron chi connectivity index (χ1n) is 5.14. The molecule has 0 bridgehead atoms. The zero-order chi connectivity index (χ0) is 10.4. The van der Waals surface area contributed by atoms with Crippen LogP contribution >= 0.6 is 0 Å². The van der Waals surface area contributed by atoms with E-state index < -0.39 is 0 Å². The van der Waals surface area contributed by atoms with Gasteiger partial charge in [-0.2, -0.15) is 4.98 Å². The fraction of sp³-hybridized carbons (Fsp3) is 0.500. The SMILES string of the molecule is Cc1nc2nc(CO)nn2c2c1CCC2. The summed E-state index contributed by atoms with van der Waals surface area (Å²) >= 11 is 0. The Morgan fingerprint density at radius 2 is 2.20 bits per heavy atom. The molecule has 0 amide bonds. The molecule has 5 nitrogen and oxygen atoms in total. The van der Waals surface area contributed by atoms with Crippen LogP contribution in [0.4, 0.5) is 0 Å². The summed E-state index contributed by atoms with van der Waals surface area (Å²) in [5.41, 5.74) is 3.56. The van der Waals surface area contributed by atoms with Gasteiger partial charge in [0.2, 0.25) is 0 Å². The zero-order valence-electron chi connectivity index (χ0n) is 8.56. The fourth-order valence-electron chi connectivity index (χ4n) is 2.23. The highest BCUT2D eigenvalue weighted by atomic mass is 16.3. The van der Waals surface area contributed by atoms with Gasteiger partial charge in [-0.05, 0) is 31.7 Å². The molecule has 15 heavy (non-hydrogen) atoms. The predicted octanol–water partition coefficient (Wildman–Crippen LogP) is 0.414. The van der Waals surface area contributed by atoms with E-state index in [9.17, 15) is 0 Å². The van der Waals surface area contributed by atoms with Crippen molar-refractivity contribution >= 4 is 5.78 Å². The van der Waals surface area contributed by atoms with Crippen molar-refractivity contribution in [3.05, 3.63) is 22.8 Å². The first-order valence-corrected chi connectivity index (χ1v) is 5.14. The molecule has 0 saturated carbocycles. The summed E-state index contributed by atoms with van der Waals surface area (Å²) in [6, 6.07) is 0. The van der Waals surface area contributed by atoms with E-state index in [1.807, 2.05) is 6.92 Å². The molecule has 0 atom stereocenters. The molecule has 3 rings (SSSR count). The van der Waals surface area contributed by atoms with Gasteiger partial charge in [0.25, 0.3) is 5.78 Å². The Morgan fingerprint density at radius 1 is 1.33 bits per heavy atom. The monoisotopic (exact) mass is 204 g/mol. The van der Waals surface area contributed by atoms with Crippen LogP contribution in [-0.2, 0) is 19.4 Å². The van der Waals surface area contributed by atoms with Crippen molar-refractivity contribution in [2.24, 2.45) is 0 Å². The average molecular weight is 204 g/mol. The number of nitrogens with zero attached hydrogens (tertiary/aromatic N) is 4. The van der Waals surface area contributed by atoms with E-state index in [-0.39, 0.29) is 6.61 Å². The Hall–Kier alpha value is -1.49. The molecule has 0 radical (unpaired) electrons. The highest BCUT2D eigenvalue weighted by Gasteiger charge is 2.19. The summed E-state index contributed by atoms with van der Waals surface area (Å²) < 4.78 is 1.78. The number of hydrogen-bond donors (Lipinski definition) is 1. The molecule has 5 heteroatoms. The van der Waals surface area contributed by atoms with E-state index in [1.165, 1.54) is 11.3 Å². The van der Waals surface area contributed by atoms with Crippen molar-refractivity contribution < 1.29 is 5.11 Å². The van der Waals surface area contributed by atoms with E-state index in [2.05, 4.69) is 15.1 Å². The van der Waals surface area contributed by atoms with Crippen LogP contribution < -0.4 is 0 Å². The predicted molar refractivity (Wildman–Crippen MR) is 53.5 cm³/mol. The van der Waals surface area contributed by atoms with E-state index in [0.29, 0.717) is 11.6 Å². The molecule has 1 N–H and O–H groups in total. The quantitative estimate of drug-likeness (QED) is 0.731. The standard InChI is InChI=1S/C10H12N4O/c1-6-7-3-2-4-8(7)14-10(11-6)12-9(5-15)13-14/h15H,2-5H2,1H3. The van der Waals surface area contributed by atoms with Crippen LogP contribution in [-0.4, -0.2) is 24.7 Å². The third kappa shape index (κ3) is 1.16. The molecule has 1 aliphatic carbocycles. The average Bonchev–Trinajstić information content (AvgIpc) is 2.80. The molecule has 0 unspecified atom stereocenters. The molecule has 0 aliphatic heterocycles. The first-order chi connectivity index (χ1) is 7.29. The highest BCUT2D eigenvalue weighted by molar-refractivity contribution is 5.39. The van der Waals surface area contributed by atoms with E-state index >= 15 is 0 Å². The van der Waals surface area contributed by atoms with Crippen LogP contribution in [0.25, 0.3) is 5.78 Å². The molecule has 2 heterocycles. The molecule has 2 aromatic rings. The molecule has 0 fully saturated rings. The summed E-state index contributed by atoms with van der Waals surface area (Å²) in [6.45, 7) is 1.88. The number of aliphatic hydroxyl groups is 1. The number of rotatable bonds is 1. The number of fused-ring (bicyclic) bond motifs is 3. The van der Waals surface area contributed by atoms with E-state index in [4.69, 9.17) is 5.11 Å². The van der Waals surface area contributed by atoms with Gasteiger partial charge < -0.3 is 5.11 Å². The highest BCUT2D eigenvalue weighted by Crippen LogP contribution is 2.24. The second kappa shape index (κ2) is 3.00. The Kier molecular flexibility index (Phi) is 1.76. The molecular formula is C10H12N4O. The topological polar surface area (TPSA) is 63.3 Å². The normalized spacial score (nSPS) is 14.8. The minimum Gasteiger partial charge on any atom is -0.388 e. The fourth-order valence-corrected chi connectivity index (χ4v) is 2.23. The van der Waals surface area contributed by atoms with Crippen LogP contribution in [0, 0.1) is 6.92 Å². The van der Waals surface area contributed by atoms with Gasteiger partial charge in [-0.1, -0.05) is 0 Å². The van der Waals surface area contributed by atoms with Crippen LogP contribution in [0.15, 0.2) is 0 Å². The molecule has 0 spiro atoms. The van der Waals surface area contributed by atoms with Gasteiger partial charge >= 0.3 is 0 Å². The summed E-state index contributed by atoms with van der Waals surface area (Å²) in [5, 5.41) is 13.2. The first kappa shape index (κ1) is 8.79. The zero-order valence-corrected chi connectivity index (χ0v) is 8.56. The Bertz CT molecular complexity index is 532. The Morgan fingerprint density at radius 3 is 3.00 bits per heavy atom. The summed E-state index contributed by atoms with van der Waals surface area (Å²) in [5.74, 6) is 1.06. The van der Waals surface area contributed by atoms with Gasteiger partial charge in [-0.25, -0.2) is 9.50 Å². The number of aliphatic hydroxyl groups excluding tert-OH is 1. The van der Waals surface area contributed by atoms with Gasteiger partial charge in [0.15, 0.2) is 5.82 Å². The molecule has 0 aromatic carbocycles. The minimum atomic E-state index is -0.128. The van der Waals surface area contributed by atoms with Crippen LogP contribution in [0.3, 0.4) is 0 Å². The van der Waals surface area contributed by atoms with Crippen molar-refractivity contribution in [3.8, 4) is 0 Å². The molecule has 2 aromatic heterocycles. The summed E-state index contributed by atoms with van der Waals surface area (Å²) in [4.78, 5) is 8.55. The number of hydrogen-bond acceptors (Lipinski definition) is 4. The van der Waals surface area contributed by atoms with Crippen molar-refractivity contribution in [2.45, 2.75) is 32.8 Å². The number of aryl methyl sites for hydroxylation is 2. The van der Waals surface area contributed by atoms with Gasteiger partial charge in [0.1, 0.15) is 6.61 Å². The van der Waals surface area contributed by atoms with Crippen LogP contribution in [0.5, 0.6) is 0 Å². The lowest BCUT2D eigenvalue weighted by Crippen LogP contribution is -2.03. The van der Waals surface area contributed by atoms with E-state index in [0.717, 1.165) is 25.0 Å². The lowest BCUT2D eigenvalue weighted by Gasteiger charge is -2.03. The summed E-state index contributed by atoms with van der Waals surface area (Å²) in [6.07, 6.45) is 3.27. The molecular weight excluding hydrogens is 192 g/mol. The molecule has 78 valence electrons. The lowest BCUT2D eigenvalue weighted by atomic mass is 10.2. The maximum atomic E-state index is 8.99. The third-order valence-corrected chi connectivity index (χ3v) is 2.92. The molecule has 0 saturated heterocycles. The minimum absolute atomic E-state index is 0.128. The Labute approximate surface area is 86.8 Å². The second-order valence-corrected chi connectivity index (χ2v) is 3.87. The maximum absolute atomic E-state index is 8.99. The third-order valence-electron chi connectivity index (χ3n) is 2.92. The number of aromatic nitrogens is 4. The second-order valence-electron chi connectivity index (χ2n) is 3.87. The van der Waals surface area contributed by atoms with Crippen molar-refractivity contribution in [2.75, 3.05) is 0 Å². The van der Waals surface area contributed by atoms with Crippen molar-refractivity contribution in [3.63, 3.8) is 0 Å². The lowest BCUT2D eigenvalue weighted by molar-refractivity contribution is 0.271. The van der Waals surface area contributed by atoms with Crippen molar-refractivity contribution in [1.29, 1.82) is 0 Å². The maximum Gasteiger partial charge on any atom is 0.252 e. The van der Waals surface area contributed by atoms with Crippen LogP contribution in [0.2, 0.25) is 0 Å². The van der Waals surface area contributed by atoms with Crippen molar-refractivity contribution in [1.82, 2.24) is 19.6 Å².